The maximum atomic E-state index is 11.9. The molecule has 0 saturated carbocycles. The van der Waals surface area contributed by atoms with Crippen LogP contribution in [0.2, 0.25) is 4.34 Å². The second-order valence-electron chi connectivity index (χ2n) is 4.29. The number of hydrazone groups is 1. The Morgan fingerprint density at radius 1 is 1.35 bits per heavy atom. The molecule has 0 atom stereocenters. The van der Waals surface area contributed by atoms with Crippen molar-refractivity contribution in [2.75, 3.05) is 19.0 Å². The van der Waals surface area contributed by atoms with Gasteiger partial charge in [0.2, 0.25) is 0 Å². The fraction of sp³-hybridized carbons (Fsp3) is 0.143. The number of carbonyl (C=O) groups excluding carboxylic acids is 1. The molecule has 1 aromatic carbocycles. The summed E-state index contributed by atoms with van der Waals surface area (Å²) in [6.45, 7) is 0. The van der Waals surface area contributed by atoms with Crippen LogP contribution in [0.1, 0.15) is 15.2 Å². The molecule has 2 aromatic rings. The molecule has 0 aliphatic heterocycles. The first-order valence-corrected chi connectivity index (χ1v) is 7.12. The summed E-state index contributed by atoms with van der Waals surface area (Å²) >= 11 is 7.21. The predicted octanol–water partition coefficient (Wildman–Crippen LogP) is 3.23. The molecule has 1 N–H and O–H groups in total. The second-order valence-corrected chi connectivity index (χ2v) is 6.03. The number of halogens is 1. The van der Waals surface area contributed by atoms with Crippen molar-refractivity contribution in [2.24, 2.45) is 5.10 Å². The van der Waals surface area contributed by atoms with Gasteiger partial charge in [0.1, 0.15) is 0 Å². The van der Waals surface area contributed by atoms with Gasteiger partial charge in [-0.05, 0) is 30.3 Å². The van der Waals surface area contributed by atoms with Crippen molar-refractivity contribution in [1.82, 2.24) is 5.43 Å². The van der Waals surface area contributed by atoms with E-state index in [1.165, 1.54) is 11.3 Å². The normalized spacial score (nSPS) is 10.8. The van der Waals surface area contributed by atoms with Crippen LogP contribution in [-0.4, -0.2) is 26.2 Å². The third-order valence-electron chi connectivity index (χ3n) is 2.58. The van der Waals surface area contributed by atoms with Crippen LogP contribution in [0.5, 0.6) is 0 Å². The molecule has 2 rings (SSSR count). The van der Waals surface area contributed by atoms with Crippen LogP contribution in [0, 0.1) is 0 Å². The van der Waals surface area contributed by atoms with Gasteiger partial charge in [0.25, 0.3) is 5.91 Å². The Hall–Kier alpha value is -1.85. The third kappa shape index (κ3) is 3.82. The number of nitrogens with one attached hydrogen (secondary N) is 1. The lowest BCUT2D eigenvalue weighted by atomic mass is 10.2. The highest BCUT2D eigenvalue weighted by atomic mass is 35.5. The molecule has 1 amide bonds. The Labute approximate surface area is 126 Å². The van der Waals surface area contributed by atoms with E-state index in [4.69, 9.17) is 11.6 Å². The fourth-order valence-electron chi connectivity index (χ4n) is 1.54. The van der Waals surface area contributed by atoms with Gasteiger partial charge in [-0.1, -0.05) is 17.7 Å². The Morgan fingerprint density at radius 3 is 2.80 bits per heavy atom. The number of carbonyl (C=O) groups is 1. The highest BCUT2D eigenvalue weighted by Crippen LogP contribution is 2.19. The van der Waals surface area contributed by atoms with Gasteiger partial charge in [0, 0.05) is 30.2 Å². The van der Waals surface area contributed by atoms with Gasteiger partial charge in [-0.25, -0.2) is 5.43 Å². The van der Waals surface area contributed by atoms with Crippen molar-refractivity contribution in [3.8, 4) is 0 Å². The summed E-state index contributed by atoms with van der Waals surface area (Å²) in [6.07, 6.45) is 1.57. The van der Waals surface area contributed by atoms with Gasteiger partial charge in [0.15, 0.2) is 0 Å². The van der Waals surface area contributed by atoms with E-state index in [2.05, 4.69) is 10.5 Å². The van der Waals surface area contributed by atoms with Crippen LogP contribution in [0.4, 0.5) is 5.69 Å². The molecule has 0 bridgehead atoms. The highest BCUT2D eigenvalue weighted by Gasteiger charge is 2.05. The fourth-order valence-corrected chi connectivity index (χ4v) is 2.48. The van der Waals surface area contributed by atoms with Crippen molar-refractivity contribution < 1.29 is 4.79 Å². The number of hydrogen-bond donors (Lipinski definition) is 1. The molecule has 0 spiro atoms. The van der Waals surface area contributed by atoms with Crippen molar-refractivity contribution in [3.63, 3.8) is 0 Å². The minimum absolute atomic E-state index is 0.243. The topological polar surface area (TPSA) is 44.7 Å². The number of thiophene rings is 1. The summed E-state index contributed by atoms with van der Waals surface area (Å²) in [4.78, 5) is 14.8. The number of benzene rings is 1. The van der Waals surface area contributed by atoms with Crippen molar-refractivity contribution in [1.29, 1.82) is 0 Å². The molecule has 0 saturated heterocycles. The molecule has 6 heteroatoms. The van der Waals surface area contributed by atoms with E-state index in [1.54, 1.807) is 18.3 Å². The molecule has 0 aliphatic carbocycles. The number of amides is 1. The molecule has 0 aliphatic rings. The van der Waals surface area contributed by atoms with E-state index in [0.717, 1.165) is 10.6 Å². The molecular weight excluding hydrogens is 294 g/mol. The van der Waals surface area contributed by atoms with Crippen molar-refractivity contribution in [2.45, 2.75) is 0 Å². The lowest BCUT2D eigenvalue weighted by Crippen LogP contribution is -2.18. The van der Waals surface area contributed by atoms with Crippen LogP contribution >= 0.6 is 22.9 Å². The van der Waals surface area contributed by atoms with E-state index >= 15 is 0 Å². The van der Waals surface area contributed by atoms with Crippen molar-refractivity contribution in [3.05, 3.63) is 51.2 Å². The van der Waals surface area contributed by atoms with Crippen LogP contribution in [0.15, 0.2) is 41.5 Å². The molecular formula is C14H14ClN3OS. The van der Waals surface area contributed by atoms with Crippen molar-refractivity contribution >= 4 is 40.7 Å². The van der Waals surface area contributed by atoms with Gasteiger partial charge in [-0.15, -0.1) is 11.3 Å². The summed E-state index contributed by atoms with van der Waals surface area (Å²) in [5.41, 5.74) is 4.03. The number of anilines is 1. The molecule has 4 nitrogen and oxygen atoms in total. The van der Waals surface area contributed by atoms with Gasteiger partial charge in [-0.3, -0.25) is 4.79 Å². The van der Waals surface area contributed by atoms with Gasteiger partial charge < -0.3 is 4.90 Å². The van der Waals surface area contributed by atoms with Gasteiger partial charge in [0.05, 0.1) is 10.6 Å². The first-order chi connectivity index (χ1) is 9.56. The lowest BCUT2D eigenvalue weighted by Gasteiger charge is -2.12. The first kappa shape index (κ1) is 14.6. The van der Waals surface area contributed by atoms with Crippen LogP contribution < -0.4 is 10.3 Å². The Balaban J connectivity index is 2.01. The average molecular weight is 308 g/mol. The maximum absolute atomic E-state index is 11.9. The second kappa shape index (κ2) is 6.54. The number of nitrogens with zero attached hydrogens (tertiary/aromatic N) is 2. The molecule has 0 fully saturated rings. The van der Waals surface area contributed by atoms with E-state index in [1.807, 2.05) is 43.3 Å². The maximum Gasteiger partial charge on any atom is 0.271 e. The zero-order valence-corrected chi connectivity index (χ0v) is 12.7. The quantitative estimate of drug-likeness (QED) is 0.696. The minimum Gasteiger partial charge on any atom is -0.378 e. The average Bonchev–Trinajstić information content (AvgIpc) is 2.84. The third-order valence-corrected chi connectivity index (χ3v) is 3.74. The Morgan fingerprint density at radius 2 is 2.15 bits per heavy atom. The molecule has 1 aromatic heterocycles. The largest absolute Gasteiger partial charge is 0.378 e. The summed E-state index contributed by atoms with van der Waals surface area (Å²) in [7, 11) is 3.85. The summed E-state index contributed by atoms with van der Waals surface area (Å²) < 4.78 is 0.691. The zero-order chi connectivity index (χ0) is 14.5. The number of rotatable bonds is 4. The molecule has 0 radical (unpaired) electrons. The zero-order valence-electron chi connectivity index (χ0n) is 11.1. The highest BCUT2D eigenvalue weighted by molar-refractivity contribution is 7.17. The Bertz CT molecular complexity index is 637. The van der Waals surface area contributed by atoms with E-state index in [9.17, 15) is 4.79 Å². The lowest BCUT2D eigenvalue weighted by molar-refractivity contribution is 0.0955. The minimum atomic E-state index is -0.243. The monoisotopic (exact) mass is 307 g/mol. The van der Waals surface area contributed by atoms with Gasteiger partial charge in [-0.2, -0.15) is 5.10 Å². The molecule has 20 heavy (non-hydrogen) atoms. The summed E-state index contributed by atoms with van der Waals surface area (Å²) in [5, 5.41) is 3.92. The van der Waals surface area contributed by atoms with Crippen LogP contribution in [-0.2, 0) is 0 Å². The molecule has 1 heterocycles. The Kier molecular flexibility index (Phi) is 4.76. The van der Waals surface area contributed by atoms with Crippen LogP contribution in [0.25, 0.3) is 0 Å². The smallest absolute Gasteiger partial charge is 0.271 e. The molecule has 104 valence electrons. The standard InChI is InChI=1S/C14H14ClN3OS/c1-18(2)11-5-3-4-10(8-11)14(19)17-16-9-12-6-7-13(15)20-12/h3-9H,1-2H3,(H,17,19)/b16-9+. The predicted molar refractivity (Wildman–Crippen MR) is 85.2 cm³/mol. The van der Waals surface area contributed by atoms with Crippen LogP contribution in [0.3, 0.4) is 0 Å². The summed E-state index contributed by atoms with van der Waals surface area (Å²) in [5.74, 6) is -0.243. The number of hydrogen-bond acceptors (Lipinski definition) is 4. The summed E-state index contributed by atoms with van der Waals surface area (Å²) in [6, 6.07) is 11.0. The first-order valence-electron chi connectivity index (χ1n) is 5.92. The van der Waals surface area contributed by atoms with E-state index in [-0.39, 0.29) is 5.91 Å². The van der Waals surface area contributed by atoms with Gasteiger partial charge >= 0.3 is 0 Å². The van der Waals surface area contributed by atoms with E-state index < -0.39 is 0 Å². The van der Waals surface area contributed by atoms with E-state index in [0.29, 0.717) is 9.90 Å². The molecule has 0 unspecified atom stereocenters. The SMILES string of the molecule is CN(C)c1cccc(C(=O)N/N=C/c2ccc(Cl)s2)c1.